The van der Waals surface area contributed by atoms with E-state index >= 15 is 0 Å². The topological polar surface area (TPSA) is 53.6 Å². The Morgan fingerprint density at radius 3 is 2.79 bits per heavy atom. The summed E-state index contributed by atoms with van der Waals surface area (Å²) in [5.74, 6) is 0.0475. The Labute approximate surface area is 113 Å². The van der Waals surface area contributed by atoms with Crippen molar-refractivity contribution in [3.63, 3.8) is 0 Å². The lowest BCUT2D eigenvalue weighted by Crippen LogP contribution is -2.29. The van der Waals surface area contributed by atoms with E-state index in [9.17, 15) is 4.79 Å². The van der Waals surface area contributed by atoms with E-state index in [2.05, 4.69) is 10.6 Å². The molecule has 1 aliphatic heterocycles. The molecule has 104 valence electrons. The molecule has 0 atom stereocenters. The number of hydrogen-bond acceptors (Lipinski definition) is 4. The highest BCUT2D eigenvalue weighted by Gasteiger charge is 2.14. The van der Waals surface area contributed by atoms with Gasteiger partial charge in [-0.1, -0.05) is 0 Å². The highest BCUT2D eigenvalue weighted by Crippen LogP contribution is 2.25. The third-order valence-corrected chi connectivity index (χ3v) is 3.21. The zero-order valence-electron chi connectivity index (χ0n) is 11.5. The first-order chi connectivity index (χ1) is 9.22. The molecular formula is C14H21N3O2. The van der Waals surface area contributed by atoms with Crippen molar-refractivity contribution in [3.8, 4) is 0 Å². The third kappa shape index (κ3) is 3.38. The molecule has 1 amide bonds. The second-order valence-corrected chi connectivity index (χ2v) is 4.69. The number of benzene rings is 1. The smallest absolute Gasteiger partial charge is 0.253 e. The number of fused-ring (bicyclic) bond motifs is 1. The van der Waals surface area contributed by atoms with E-state index in [4.69, 9.17) is 4.74 Å². The number of methoxy groups -OCH3 is 1. The quantitative estimate of drug-likeness (QED) is 0.793. The van der Waals surface area contributed by atoms with Gasteiger partial charge in [-0.05, 0) is 24.6 Å². The van der Waals surface area contributed by atoms with Gasteiger partial charge >= 0.3 is 0 Å². The Balaban J connectivity index is 2.02. The summed E-state index contributed by atoms with van der Waals surface area (Å²) in [4.78, 5) is 14.0. The predicted octanol–water partition coefficient (Wildman–Crippen LogP) is 1.63. The lowest BCUT2D eigenvalue weighted by atomic mass is 10.1. The van der Waals surface area contributed by atoms with Crippen molar-refractivity contribution in [2.24, 2.45) is 0 Å². The van der Waals surface area contributed by atoms with Gasteiger partial charge in [0.1, 0.15) is 0 Å². The van der Waals surface area contributed by atoms with Crippen LogP contribution < -0.4 is 10.6 Å². The fraction of sp³-hybridized carbons (Fsp3) is 0.500. The van der Waals surface area contributed by atoms with Crippen LogP contribution in [0.3, 0.4) is 0 Å². The Morgan fingerprint density at radius 1 is 1.32 bits per heavy atom. The summed E-state index contributed by atoms with van der Waals surface area (Å²) in [6, 6.07) is 5.74. The van der Waals surface area contributed by atoms with Crippen molar-refractivity contribution in [3.05, 3.63) is 23.8 Å². The maximum Gasteiger partial charge on any atom is 0.253 e. The largest absolute Gasteiger partial charge is 0.385 e. The van der Waals surface area contributed by atoms with Crippen LogP contribution in [0.5, 0.6) is 0 Å². The van der Waals surface area contributed by atoms with Gasteiger partial charge < -0.3 is 20.3 Å². The molecular weight excluding hydrogens is 242 g/mol. The summed E-state index contributed by atoms with van der Waals surface area (Å²) in [5, 5.41) is 6.59. The molecule has 0 unspecified atom stereocenters. The van der Waals surface area contributed by atoms with E-state index in [0.29, 0.717) is 13.2 Å². The first kappa shape index (κ1) is 13.7. The monoisotopic (exact) mass is 263 g/mol. The molecule has 0 aliphatic carbocycles. The number of anilines is 2. The fourth-order valence-corrected chi connectivity index (χ4v) is 2.14. The molecule has 1 aromatic rings. The average Bonchev–Trinajstić information content (AvgIpc) is 2.46. The number of ether oxygens (including phenoxy) is 1. The van der Waals surface area contributed by atoms with Crippen LogP contribution in [0.1, 0.15) is 16.8 Å². The van der Waals surface area contributed by atoms with Crippen molar-refractivity contribution >= 4 is 17.3 Å². The number of amides is 1. The highest BCUT2D eigenvalue weighted by molar-refractivity contribution is 5.96. The van der Waals surface area contributed by atoms with Gasteiger partial charge in [-0.25, -0.2) is 0 Å². The summed E-state index contributed by atoms with van der Waals surface area (Å²) in [7, 11) is 3.49. The summed E-state index contributed by atoms with van der Waals surface area (Å²) in [6.45, 7) is 3.17. The zero-order valence-corrected chi connectivity index (χ0v) is 11.5. The van der Waals surface area contributed by atoms with Crippen LogP contribution in [-0.4, -0.2) is 51.2 Å². The van der Waals surface area contributed by atoms with Gasteiger partial charge in [0.2, 0.25) is 0 Å². The third-order valence-electron chi connectivity index (χ3n) is 3.21. The molecule has 1 aromatic carbocycles. The molecule has 2 rings (SSSR count). The van der Waals surface area contributed by atoms with Crippen LogP contribution in [0.4, 0.5) is 11.4 Å². The number of rotatable bonds is 5. The second-order valence-electron chi connectivity index (χ2n) is 4.69. The number of nitrogens with one attached hydrogen (secondary N) is 2. The van der Waals surface area contributed by atoms with Gasteiger partial charge in [0.15, 0.2) is 0 Å². The maximum atomic E-state index is 12.3. The lowest BCUT2D eigenvalue weighted by Gasteiger charge is -2.22. The van der Waals surface area contributed by atoms with Gasteiger partial charge in [0.25, 0.3) is 5.91 Å². The Hall–Kier alpha value is -1.75. The van der Waals surface area contributed by atoms with Crippen LogP contribution in [0, 0.1) is 0 Å². The van der Waals surface area contributed by atoms with E-state index in [0.717, 1.165) is 36.4 Å². The molecule has 0 fully saturated rings. The van der Waals surface area contributed by atoms with Crippen molar-refractivity contribution in [2.75, 3.05) is 51.0 Å². The van der Waals surface area contributed by atoms with Gasteiger partial charge in [0.05, 0.1) is 11.4 Å². The molecule has 19 heavy (non-hydrogen) atoms. The molecule has 0 saturated heterocycles. The maximum absolute atomic E-state index is 12.3. The average molecular weight is 263 g/mol. The lowest BCUT2D eigenvalue weighted by molar-refractivity contribution is 0.0779. The molecule has 0 bridgehead atoms. The number of carbonyl (C=O) groups is 1. The van der Waals surface area contributed by atoms with Crippen molar-refractivity contribution < 1.29 is 9.53 Å². The molecule has 2 N–H and O–H groups in total. The van der Waals surface area contributed by atoms with Gasteiger partial charge in [-0.2, -0.15) is 0 Å². The molecule has 0 saturated carbocycles. The fourth-order valence-electron chi connectivity index (χ4n) is 2.14. The summed E-state index contributed by atoms with van der Waals surface area (Å²) in [6.07, 6.45) is 0.851. The minimum absolute atomic E-state index is 0.0475. The second kappa shape index (κ2) is 6.43. The number of carbonyl (C=O) groups excluding carboxylic acids is 1. The summed E-state index contributed by atoms with van der Waals surface area (Å²) < 4.78 is 5.00. The van der Waals surface area contributed by atoms with Crippen LogP contribution >= 0.6 is 0 Å². The summed E-state index contributed by atoms with van der Waals surface area (Å²) in [5.41, 5.74) is 2.78. The Bertz CT molecular complexity index is 448. The minimum Gasteiger partial charge on any atom is -0.385 e. The molecule has 1 heterocycles. The van der Waals surface area contributed by atoms with E-state index in [-0.39, 0.29) is 5.91 Å². The van der Waals surface area contributed by atoms with Crippen molar-refractivity contribution in [1.29, 1.82) is 0 Å². The van der Waals surface area contributed by atoms with Crippen LogP contribution in [0.15, 0.2) is 18.2 Å². The minimum atomic E-state index is 0.0475. The van der Waals surface area contributed by atoms with Crippen LogP contribution in [-0.2, 0) is 4.74 Å². The first-order valence-electron chi connectivity index (χ1n) is 6.58. The predicted molar refractivity (Wildman–Crippen MR) is 76.9 cm³/mol. The Morgan fingerprint density at radius 2 is 2.05 bits per heavy atom. The van der Waals surface area contributed by atoms with Crippen molar-refractivity contribution in [1.82, 2.24) is 4.90 Å². The van der Waals surface area contributed by atoms with E-state index in [1.807, 2.05) is 25.2 Å². The van der Waals surface area contributed by atoms with Crippen molar-refractivity contribution in [2.45, 2.75) is 6.42 Å². The molecule has 5 nitrogen and oxygen atoms in total. The van der Waals surface area contributed by atoms with E-state index < -0.39 is 0 Å². The van der Waals surface area contributed by atoms with Gasteiger partial charge in [-0.15, -0.1) is 0 Å². The molecule has 0 aromatic heterocycles. The van der Waals surface area contributed by atoms with Gasteiger partial charge in [0, 0.05) is 46.0 Å². The number of hydrogen-bond donors (Lipinski definition) is 2. The SMILES string of the molecule is COCCCN(C)C(=O)c1ccc2c(c1)NCCN2. The van der Waals surface area contributed by atoms with Crippen LogP contribution in [0.25, 0.3) is 0 Å². The molecule has 5 heteroatoms. The van der Waals surface area contributed by atoms with Crippen LogP contribution in [0.2, 0.25) is 0 Å². The Kier molecular flexibility index (Phi) is 4.63. The normalized spacial score (nSPS) is 13.2. The standard InChI is InChI=1S/C14H21N3O2/c1-17(8-3-9-19-2)14(18)11-4-5-12-13(10-11)16-7-6-15-12/h4-5,10,15-16H,3,6-9H2,1-2H3. The van der Waals surface area contributed by atoms with E-state index in [1.54, 1.807) is 12.0 Å². The summed E-state index contributed by atoms with van der Waals surface area (Å²) >= 11 is 0. The first-order valence-corrected chi connectivity index (χ1v) is 6.58. The van der Waals surface area contributed by atoms with E-state index in [1.165, 1.54) is 0 Å². The molecule has 0 spiro atoms. The molecule has 0 radical (unpaired) electrons. The number of nitrogens with zero attached hydrogens (tertiary/aromatic N) is 1. The van der Waals surface area contributed by atoms with Gasteiger partial charge in [-0.3, -0.25) is 4.79 Å². The zero-order chi connectivity index (χ0) is 13.7. The highest BCUT2D eigenvalue weighted by atomic mass is 16.5. The molecule has 1 aliphatic rings.